The van der Waals surface area contributed by atoms with Crippen molar-refractivity contribution in [3.63, 3.8) is 0 Å². The fraction of sp³-hybridized carbons (Fsp3) is 0.476. The molecule has 1 saturated heterocycles. The van der Waals surface area contributed by atoms with Gasteiger partial charge in [0.15, 0.2) is 5.82 Å². The van der Waals surface area contributed by atoms with Crippen molar-refractivity contribution in [2.75, 3.05) is 38.6 Å². The zero-order valence-corrected chi connectivity index (χ0v) is 16.7. The van der Waals surface area contributed by atoms with Crippen LogP contribution in [0.2, 0.25) is 0 Å². The average Bonchev–Trinajstić information content (AvgIpc) is 2.72. The number of aromatic nitrogens is 2. The van der Waals surface area contributed by atoms with Crippen LogP contribution in [-0.2, 0) is 6.42 Å². The van der Waals surface area contributed by atoms with Crippen LogP contribution < -0.4 is 15.0 Å². The Morgan fingerprint density at radius 2 is 2.04 bits per heavy atom. The summed E-state index contributed by atoms with van der Waals surface area (Å²) in [6.45, 7) is 1.99. The minimum absolute atomic E-state index is 0.0201. The first-order chi connectivity index (χ1) is 13.6. The van der Waals surface area contributed by atoms with Crippen LogP contribution in [0.15, 0.2) is 42.7 Å². The number of nitrogens with zero attached hydrogens (tertiary/aromatic N) is 4. The molecule has 0 spiro atoms. The summed E-state index contributed by atoms with van der Waals surface area (Å²) in [5, 5.41) is 3.03. The molecule has 7 nitrogen and oxygen atoms in total. The first kappa shape index (κ1) is 19.9. The van der Waals surface area contributed by atoms with Gasteiger partial charge in [0.25, 0.3) is 5.88 Å². The molecule has 0 saturated carbocycles. The average molecular weight is 383 g/mol. The SMILES string of the molecule is CN(C)c1nccnc1OC1CCCN(C(=O)NCCCc2ccccc2)C1. The number of benzene rings is 1. The van der Waals surface area contributed by atoms with Crippen LogP contribution >= 0.6 is 0 Å². The maximum absolute atomic E-state index is 12.5. The summed E-state index contributed by atoms with van der Waals surface area (Å²) in [6.07, 6.45) is 6.92. The second-order valence-corrected chi connectivity index (χ2v) is 7.23. The number of rotatable bonds is 7. The summed E-state index contributed by atoms with van der Waals surface area (Å²) in [4.78, 5) is 24.8. The maximum Gasteiger partial charge on any atom is 0.317 e. The Balaban J connectivity index is 1.46. The minimum atomic E-state index is -0.0702. The van der Waals surface area contributed by atoms with Gasteiger partial charge in [0.1, 0.15) is 6.10 Å². The van der Waals surface area contributed by atoms with Gasteiger partial charge < -0.3 is 19.9 Å². The Kier molecular flexibility index (Phi) is 7.06. The van der Waals surface area contributed by atoms with E-state index >= 15 is 0 Å². The minimum Gasteiger partial charge on any atom is -0.470 e. The summed E-state index contributed by atoms with van der Waals surface area (Å²) in [6, 6.07) is 10.3. The molecule has 1 atom stereocenters. The van der Waals surface area contributed by atoms with E-state index in [0.29, 0.717) is 24.8 Å². The van der Waals surface area contributed by atoms with E-state index < -0.39 is 0 Å². The van der Waals surface area contributed by atoms with Gasteiger partial charge in [0.05, 0.1) is 6.54 Å². The monoisotopic (exact) mass is 383 g/mol. The molecule has 1 aliphatic heterocycles. The molecule has 2 aromatic rings. The first-order valence-corrected chi connectivity index (χ1v) is 9.85. The maximum atomic E-state index is 12.5. The van der Waals surface area contributed by atoms with Crippen LogP contribution in [-0.4, -0.2) is 60.7 Å². The molecule has 150 valence electrons. The van der Waals surface area contributed by atoms with Crippen molar-refractivity contribution < 1.29 is 9.53 Å². The van der Waals surface area contributed by atoms with Crippen LogP contribution in [0.1, 0.15) is 24.8 Å². The lowest BCUT2D eigenvalue weighted by molar-refractivity contribution is 0.0979. The van der Waals surface area contributed by atoms with Gasteiger partial charge in [-0.25, -0.2) is 14.8 Å². The summed E-state index contributed by atoms with van der Waals surface area (Å²) in [5.41, 5.74) is 1.30. The van der Waals surface area contributed by atoms with Crippen molar-refractivity contribution in [3.05, 3.63) is 48.3 Å². The molecule has 0 radical (unpaired) electrons. The standard InChI is InChI=1S/C21H29N5O2/c1-25(2)19-20(23-14-13-22-19)28-18-11-7-15-26(16-18)21(27)24-12-6-10-17-8-4-3-5-9-17/h3-5,8-9,13-14,18H,6-7,10-12,15-16H2,1-2H3,(H,24,27). The lowest BCUT2D eigenvalue weighted by atomic mass is 10.1. The lowest BCUT2D eigenvalue weighted by Crippen LogP contribution is -2.48. The van der Waals surface area contributed by atoms with E-state index in [9.17, 15) is 4.79 Å². The molecule has 1 aromatic heterocycles. The number of aryl methyl sites for hydroxylation is 1. The summed E-state index contributed by atoms with van der Waals surface area (Å²) < 4.78 is 6.07. The van der Waals surface area contributed by atoms with Gasteiger partial charge in [-0.15, -0.1) is 0 Å². The van der Waals surface area contributed by atoms with Crippen LogP contribution in [0.3, 0.4) is 0 Å². The molecular formula is C21H29N5O2. The van der Waals surface area contributed by atoms with Gasteiger partial charge >= 0.3 is 6.03 Å². The molecule has 0 aliphatic carbocycles. The van der Waals surface area contributed by atoms with Crippen molar-refractivity contribution >= 4 is 11.8 Å². The van der Waals surface area contributed by atoms with Gasteiger partial charge in [-0.2, -0.15) is 0 Å². The third-order valence-electron chi connectivity index (χ3n) is 4.78. The molecule has 7 heteroatoms. The van der Waals surface area contributed by atoms with Gasteiger partial charge in [-0.1, -0.05) is 30.3 Å². The highest BCUT2D eigenvalue weighted by molar-refractivity contribution is 5.74. The van der Waals surface area contributed by atoms with Crippen molar-refractivity contribution in [1.29, 1.82) is 0 Å². The molecule has 3 rings (SSSR count). The predicted octanol–water partition coefficient (Wildman–Crippen LogP) is 2.73. The zero-order valence-electron chi connectivity index (χ0n) is 16.7. The van der Waals surface area contributed by atoms with E-state index in [1.807, 2.05) is 42.1 Å². The van der Waals surface area contributed by atoms with Gasteiger partial charge in [-0.05, 0) is 31.2 Å². The Morgan fingerprint density at radius 3 is 2.82 bits per heavy atom. The highest BCUT2D eigenvalue weighted by Crippen LogP contribution is 2.24. The van der Waals surface area contributed by atoms with E-state index in [0.717, 1.165) is 32.2 Å². The number of nitrogens with one attached hydrogen (secondary N) is 1. The van der Waals surface area contributed by atoms with Crippen molar-refractivity contribution in [2.24, 2.45) is 0 Å². The fourth-order valence-electron chi connectivity index (χ4n) is 3.33. The zero-order chi connectivity index (χ0) is 19.8. The Hall–Kier alpha value is -2.83. The lowest BCUT2D eigenvalue weighted by Gasteiger charge is -2.33. The van der Waals surface area contributed by atoms with Crippen LogP contribution in [0, 0.1) is 0 Å². The van der Waals surface area contributed by atoms with Gasteiger partial charge in [0.2, 0.25) is 0 Å². The molecule has 2 heterocycles. The van der Waals surface area contributed by atoms with E-state index in [4.69, 9.17) is 4.74 Å². The van der Waals surface area contributed by atoms with E-state index in [1.165, 1.54) is 5.56 Å². The van der Waals surface area contributed by atoms with Crippen LogP contribution in [0.25, 0.3) is 0 Å². The third-order valence-corrected chi connectivity index (χ3v) is 4.78. The van der Waals surface area contributed by atoms with E-state index in [-0.39, 0.29) is 12.1 Å². The number of hydrogen-bond acceptors (Lipinski definition) is 5. The topological polar surface area (TPSA) is 70.6 Å². The molecule has 1 fully saturated rings. The number of urea groups is 1. The number of anilines is 1. The Bertz CT molecular complexity index is 753. The summed E-state index contributed by atoms with van der Waals surface area (Å²) >= 11 is 0. The number of ether oxygens (including phenoxy) is 1. The largest absolute Gasteiger partial charge is 0.470 e. The highest BCUT2D eigenvalue weighted by Gasteiger charge is 2.26. The Morgan fingerprint density at radius 1 is 1.25 bits per heavy atom. The van der Waals surface area contributed by atoms with E-state index in [2.05, 4.69) is 27.4 Å². The fourth-order valence-corrected chi connectivity index (χ4v) is 3.33. The van der Waals surface area contributed by atoms with Crippen molar-refractivity contribution in [3.8, 4) is 5.88 Å². The predicted molar refractivity (Wildman–Crippen MR) is 110 cm³/mol. The number of carbonyl (C=O) groups is 1. The molecular weight excluding hydrogens is 354 g/mol. The first-order valence-electron chi connectivity index (χ1n) is 9.85. The number of carbonyl (C=O) groups excluding carboxylic acids is 1. The molecule has 1 unspecified atom stereocenters. The normalized spacial score (nSPS) is 16.5. The van der Waals surface area contributed by atoms with Crippen molar-refractivity contribution in [2.45, 2.75) is 31.8 Å². The molecule has 1 aromatic carbocycles. The summed E-state index contributed by atoms with van der Waals surface area (Å²) in [7, 11) is 3.82. The smallest absolute Gasteiger partial charge is 0.317 e. The van der Waals surface area contributed by atoms with Gasteiger partial charge in [-0.3, -0.25) is 0 Å². The second kappa shape index (κ2) is 9.92. The van der Waals surface area contributed by atoms with Gasteiger partial charge in [0, 0.05) is 39.6 Å². The Labute approximate surface area is 166 Å². The van der Waals surface area contributed by atoms with E-state index in [1.54, 1.807) is 12.4 Å². The van der Waals surface area contributed by atoms with Crippen molar-refractivity contribution in [1.82, 2.24) is 20.2 Å². The molecule has 1 aliphatic rings. The number of amides is 2. The highest BCUT2D eigenvalue weighted by atomic mass is 16.5. The number of hydrogen-bond donors (Lipinski definition) is 1. The molecule has 2 amide bonds. The molecule has 1 N–H and O–H groups in total. The quantitative estimate of drug-likeness (QED) is 0.745. The number of piperidine rings is 1. The van der Waals surface area contributed by atoms with Crippen LogP contribution in [0.4, 0.5) is 10.6 Å². The third kappa shape index (κ3) is 5.58. The molecule has 28 heavy (non-hydrogen) atoms. The number of likely N-dealkylation sites (tertiary alicyclic amines) is 1. The van der Waals surface area contributed by atoms with Crippen LogP contribution in [0.5, 0.6) is 5.88 Å². The molecule has 0 bridgehead atoms. The second-order valence-electron chi connectivity index (χ2n) is 7.23. The summed E-state index contributed by atoms with van der Waals surface area (Å²) in [5.74, 6) is 1.22.